The summed E-state index contributed by atoms with van der Waals surface area (Å²) in [6.07, 6.45) is 1.14. The number of amides is 1. The molecule has 0 radical (unpaired) electrons. The van der Waals surface area contributed by atoms with Gasteiger partial charge < -0.3 is 14.4 Å². The van der Waals surface area contributed by atoms with Gasteiger partial charge in [0, 0.05) is 6.54 Å². The molecule has 2 rings (SSSR count). The molecule has 0 atom stereocenters. The molecular formula is C16H21NO4. The van der Waals surface area contributed by atoms with E-state index >= 15 is 0 Å². The Hall–Kier alpha value is -2.04. The van der Waals surface area contributed by atoms with Crippen molar-refractivity contribution >= 4 is 12.4 Å². The normalized spacial score (nSPS) is 14.4. The number of methoxy groups -OCH3 is 1. The first kappa shape index (κ1) is 15.4. The molecule has 0 unspecified atom stereocenters. The van der Waals surface area contributed by atoms with Gasteiger partial charge >= 0.3 is 6.09 Å². The van der Waals surface area contributed by atoms with Crippen LogP contribution in [0.2, 0.25) is 0 Å². The topological polar surface area (TPSA) is 55.8 Å². The van der Waals surface area contributed by atoms with E-state index in [0.29, 0.717) is 30.8 Å². The average molecular weight is 291 g/mol. The highest BCUT2D eigenvalue weighted by Gasteiger charge is 2.27. The van der Waals surface area contributed by atoms with Gasteiger partial charge in [-0.15, -0.1) is 0 Å². The van der Waals surface area contributed by atoms with Gasteiger partial charge in [0.1, 0.15) is 11.4 Å². The number of rotatable bonds is 2. The Morgan fingerprint density at radius 3 is 2.62 bits per heavy atom. The Bertz CT molecular complexity index is 560. The zero-order valence-corrected chi connectivity index (χ0v) is 12.9. The largest absolute Gasteiger partial charge is 0.496 e. The molecule has 0 fully saturated rings. The van der Waals surface area contributed by atoms with E-state index in [-0.39, 0.29) is 6.09 Å². The minimum Gasteiger partial charge on any atom is -0.496 e. The molecule has 0 aliphatic carbocycles. The van der Waals surface area contributed by atoms with Crippen molar-refractivity contribution in [2.24, 2.45) is 0 Å². The fraction of sp³-hybridized carbons (Fsp3) is 0.500. The van der Waals surface area contributed by atoms with Crippen LogP contribution in [-0.2, 0) is 17.7 Å². The molecule has 0 saturated heterocycles. The second-order valence-corrected chi connectivity index (χ2v) is 6.09. The maximum absolute atomic E-state index is 12.2. The minimum absolute atomic E-state index is 0.354. The summed E-state index contributed by atoms with van der Waals surface area (Å²) in [5.74, 6) is 0.537. The van der Waals surface area contributed by atoms with Gasteiger partial charge in [0.25, 0.3) is 0 Å². The highest BCUT2D eigenvalue weighted by Crippen LogP contribution is 2.29. The van der Waals surface area contributed by atoms with E-state index in [4.69, 9.17) is 9.47 Å². The van der Waals surface area contributed by atoms with Gasteiger partial charge in [-0.3, -0.25) is 4.79 Å². The zero-order valence-electron chi connectivity index (χ0n) is 12.9. The molecule has 0 saturated carbocycles. The van der Waals surface area contributed by atoms with E-state index in [9.17, 15) is 9.59 Å². The summed E-state index contributed by atoms with van der Waals surface area (Å²) in [6, 6.07) is 3.75. The molecular weight excluding hydrogens is 270 g/mol. The van der Waals surface area contributed by atoms with Crippen LogP contribution in [0.5, 0.6) is 5.75 Å². The van der Waals surface area contributed by atoms with Gasteiger partial charge in [-0.05, 0) is 44.4 Å². The van der Waals surface area contributed by atoms with E-state index in [1.54, 1.807) is 11.0 Å². The lowest BCUT2D eigenvalue weighted by Gasteiger charge is -2.32. The van der Waals surface area contributed by atoms with Crippen molar-refractivity contribution in [1.82, 2.24) is 4.90 Å². The number of nitrogens with zero attached hydrogens (tertiary/aromatic N) is 1. The van der Waals surface area contributed by atoms with Gasteiger partial charge in [-0.25, -0.2) is 4.79 Å². The van der Waals surface area contributed by atoms with Crippen LogP contribution in [0, 0.1) is 0 Å². The summed E-state index contributed by atoms with van der Waals surface area (Å²) in [5.41, 5.74) is 1.92. The third-order valence-electron chi connectivity index (χ3n) is 3.40. The van der Waals surface area contributed by atoms with Gasteiger partial charge in [-0.1, -0.05) is 6.07 Å². The SMILES string of the molecule is COc1ccc2c(c1C=O)CN(C(=O)OC(C)(C)C)CC2. The molecule has 5 heteroatoms. The number of benzene rings is 1. The predicted molar refractivity (Wildman–Crippen MR) is 78.7 cm³/mol. The summed E-state index contributed by atoms with van der Waals surface area (Å²) >= 11 is 0. The second-order valence-electron chi connectivity index (χ2n) is 6.09. The number of fused-ring (bicyclic) bond motifs is 1. The lowest BCUT2D eigenvalue weighted by molar-refractivity contribution is 0.0223. The van der Waals surface area contributed by atoms with Crippen LogP contribution < -0.4 is 4.74 Å². The van der Waals surface area contributed by atoms with Crippen molar-refractivity contribution in [3.05, 3.63) is 28.8 Å². The first-order valence-corrected chi connectivity index (χ1v) is 6.97. The van der Waals surface area contributed by atoms with Gasteiger partial charge in [0.15, 0.2) is 6.29 Å². The third-order valence-corrected chi connectivity index (χ3v) is 3.40. The van der Waals surface area contributed by atoms with Crippen LogP contribution in [0.1, 0.15) is 42.3 Å². The van der Waals surface area contributed by atoms with Crippen LogP contribution in [0.3, 0.4) is 0 Å². The molecule has 1 aromatic carbocycles. The maximum Gasteiger partial charge on any atom is 0.410 e. The van der Waals surface area contributed by atoms with Crippen LogP contribution in [0.4, 0.5) is 4.79 Å². The first-order valence-electron chi connectivity index (χ1n) is 6.97. The summed E-state index contributed by atoms with van der Waals surface area (Å²) in [4.78, 5) is 25.1. The van der Waals surface area contributed by atoms with Crippen LogP contribution in [-0.4, -0.2) is 36.5 Å². The summed E-state index contributed by atoms with van der Waals surface area (Å²) in [6.45, 7) is 6.47. The molecule has 1 aromatic rings. The smallest absolute Gasteiger partial charge is 0.410 e. The van der Waals surface area contributed by atoms with Gasteiger partial charge in [0.2, 0.25) is 0 Å². The first-order chi connectivity index (χ1) is 9.85. The molecule has 0 N–H and O–H groups in total. The number of hydrogen-bond acceptors (Lipinski definition) is 4. The lowest BCUT2D eigenvalue weighted by Crippen LogP contribution is -2.40. The number of ether oxygens (including phenoxy) is 2. The fourth-order valence-electron chi connectivity index (χ4n) is 2.42. The standard InChI is InChI=1S/C16H21NO4/c1-16(2,3)21-15(19)17-8-7-11-5-6-14(20-4)13(10-18)12(11)9-17/h5-6,10H,7-9H2,1-4H3. The molecule has 1 aliphatic heterocycles. The Morgan fingerprint density at radius 2 is 2.05 bits per heavy atom. The fourth-order valence-corrected chi connectivity index (χ4v) is 2.42. The Morgan fingerprint density at radius 1 is 1.33 bits per heavy atom. The van der Waals surface area contributed by atoms with Crippen molar-refractivity contribution in [2.75, 3.05) is 13.7 Å². The van der Waals surface area contributed by atoms with E-state index in [0.717, 1.165) is 17.4 Å². The van der Waals surface area contributed by atoms with E-state index in [1.165, 1.54) is 7.11 Å². The van der Waals surface area contributed by atoms with E-state index in [2.05, 4.69) is 0 Å². The Balaban J connectivity index is 2.27. The monoisotopic (exact) mass is 291 g/mol. The van der Waals surface area contributed by atoms with E-state index < -0.39 is 5.60 Å². The number of aldehydes is 1. The van der Waals surface area contributed by atoms with Crippen molar-refractivity contribution < 1.29 is 19.1 Å². The molecule has 0 spiro atoms. The maximum atomic E-state index is 12.2. The molecule has 114 valence electrons. The van der Waals surface area contributed by atoms with Crippen molar-refractivity contribution in [3.8, 4) is 5.75 Å². The third kappa shape index (κ3) is 3.35. The lowest BCUT2D eigenvalue weighted by atomic mass is 9.95. The Labute approximate surface area is 124 Å². The van der Waals surface area contributed by atoms with Crippen molar-refractivity contribution in [3.63, 3.8) is 0 Å². The van der Waals surface area contributed by atoms with Crippen LogP contribution in [0.15, 0.2) is 12.1 Å². The number of carbonyl (C=O) groups excluding carboxylic acids is 2. The van der Waals surface area contributed by atoms with Gasteiger partial charge in [0.05, 0.1) is 19.2 Å². The molecule has 1 amide bonds. The summed E-state index contributed by atoms with van der Waals surface area (Å²) < 4.78 is 10.6. The average Bonchev–Trinajstić information content (AvgIpc) is 2.43. The summed E-state index contributed by atoms with van der Waals surface area (Å²) in [7, 11) is 1.53. The molecule has 21 heavy (non-hydrogen) atoms. The van der Waals surface area contributed by atoms with Crippen molar-refractivity contribution in [1.29, 1.82) is 0 Å². The van der Waals surface area contributed by atoms with Crippen molar-refractivity contribution in [2.45, 2.75) is 39.3 Å². The molecule has 1 heterocycles. The molecule has 0 aromatic heterocycles. The highest BCUT2D eigenvalue weighted by atomic mass is 16.6. The van der Waals surface area contributed by atoms with Gasteiger partial charge in [-0.2, -0.15) is 0 Å². The quantitative estimate of drug-likeness (QED) is 0.786. The second kappa shape index (κ2) is 5.76. The molecule has 5 nitrogen and oxygen atoms in total. The zero-order chi connectivity index (χ0) is 15.6. The number of carbonyl (C=O) groups is 2. The highest BCUT2D eigenvalue weighted by molar-refractivity contribution is 5.83. The van der Waals surface area contributed by atoms with E-state index in [1.807, 2.05) is 26.8 Å². The van der Waals surface area contributed by atoms with Crippen LogP contribution in [0.25, 0.3) is 0 Å². The van der Waals surface area contributed by atoms with Crippen LogP contribution >= 0.6 is 0 Å². The molecule has 0 bridgehead atoms. The summed E-state index contributed by atoms with van der Waals surface area (Å²) in [5, 5.41) is 0. The number of hydrogen-bond donors (Lipinski definition) is 0. The predicted octanol–water partition coefficient (Wildman–Crippen LogP) is 2.80. The molecule has 1 aliphatic rings. The Kier molecular flexibility index (Phi) is 4.21. The minimum atomic E-state index is -0.529.